The first-order chi connectivity index (χ1) is 6.11. The zero-order valence-electron chi connectivity index (χ0n) is 7.67. The van der Waals surface area contributed by atoms with Gasteiger partial charge in [-0.15, -0.1) is 0 Å². The minimum Gasteiger partial charge on any atom is -0.316 e. The van der Waals surface area contributed by atoms with E-state index >= 15 is 0 Å². The van der Waals surface area contributed by atoms with Gasteiger partial charge in [-0.05, 0) is 17.5 Å². The van der Waals surface area contributed by atoms with E-state index in [1.165, 1.54) is 0 Å². The highest BCUT2D eigenvalue weighted by Gasteiger charge is 2.06. The Morgan fingerprint density at radius 1 is 1.38 bits per heavy atom. The second-order valence-corrected chi connectivity index (χ2v) is 3.86. The molecule has 0 heterocycles. The maximum Gasteiger partial charge on any atom is 0.291 e. The van der Waals surface area contributed by atoms with Crippen LogP contribution in [-0.4, -0.2) is 4.82 Å². The molecular weight excluding hydrogens is 230 g/mol. The summed E-state index contributed by atoms with van der Waals surface area (Å²) in [5.41, 5.74) is 2.02. The fraction of sp³-hybridized carbons (Fsp3) is 0.300. The molecule has 3 heteroatoms. The second kappa shape index (κ2) is 4.42. The Bertz CT molecular complexity index is 310. The Balaban J connectivity index is 2.97. The molecule has 1 amide bonds. The number of rotatable bonds is 2. The smallest absolute Gasteiger partial charge is 0.291 e. The number of benzene rings is 1. The third kappa shape index (κ3) is 2.84. The lowest BCUT2D eigenvalue weighted by molar-refractivity contribution is 0.270. The maximum absolute atomic E-state index is 10.8. The first kappa shape index (κ1) is 10.3. The molecule has 1 N–H and O–H groups in total. The molecule has 2 nitrogen and oxygen atoms in total. The molecule has 0 atom stereocenters. The minimum atomic E-state index is -0.208. The molecule has 0 fully saturated rings. The van der Waals surface area contributed by atoms with Gasteiger partial charge in [-0.2, -0.15) is 0 Å². The SMILES string of the molecule is CC(C)c1ccccc1NC(=O)Br. The molecule has 0 saturated heterocycles. The highest BCUT2D eigenvalue weighted by Crippen LogP contribution is 2.23. The highest BCUT2D eigenvalue weighted by molar-refractivity contribution is 9.18. The Kier molecular flexibility index (Phi) is 3.48. The van der Waals surface area contributed by atoms with Gasteiger partial charge in [0.15, 0.2) is 0 Å². The van der Waals surface area contributed by atoms with E-state index in [9.17, 15) is 4.79 Å². The number of hydrogen-bond donors (Lipinski definition) is 1. The van der Waals surface area contributed by atoms with Crippen LogP contribution in [0.25, 0.3) is 0 Å². The topological polar surface area (TPSA) is 29.1 Å². The van der Waals surface area contributed by atoms with Crippen molar-refractivity contribution >= 4 is 26.4 Å². The summed E-state index contributed by atoms with van der Waals surface area (Å²) in [5, 5.41) is 2.73. The molecule has 0 saturated carbocycles. The molecule has 0 aliphatic carbocycles. The lowest BCUT2D eigenvalue weighted by atomic mass is 10.0. The van der Waals surface area contributed by atoms with Crippen molar-refractivity contribution in [3.8, 4) is 0 Å². The van der Waals surface area contributed by atoms with Crippen molar-refractivity contribution in [3.63, 3.8) is 0 Å². The molecule has 1 aromatic carbocycles. The van der Waals surface area contributed by atoms with Crippen molar-refractivity contribution in [2.75, 3.05) is 5.32 Å². The van der Waals surface area contributed by atoms with Gasteiger partial charge in [-0.25, -0.2) is 0 Å². The van der Waals surface area contributed by atoms with E-state index in [0.717, 1.165) is 11.3 Å². The number of carbonyl (C=O) groups is 1. The van der Waals surface area contributed by atoms with Crippen LogP contribution < -0.4 is 5.32 Å². The second-order valence-electron chi connectivity index (χ2n) is 3.14. The van der Waals surface area contributed by atoms with E-state index in [-0.39, 0.29) is 4.82 Å². The summed E-state index contributed by atoms with van der Waals surface area (Å²) in [7, 11) is 0. The highest BCUT2D eigenvalue weighted by atomic mass is 79.9. The lowest BCUT2D eigenvalue weighted by Crippen LogP contribution is -2.04. The molecule has 70 valence electrons. The van der Waals surface area contributed by atoms with Gasteiger partial charge >= 0.3 is 0 Å². The fourth-order valence-electron chi connectivity index (χ4n) is 1.22. The molecule has 0 aromatic heterocycles. The maximum atomic E-state index is 10.8. The van der Waals surface area contributed by atoms with Crippen LogP contribution in [0.1, 0.15) is 25.3 Å². The van der Waals surface area contributed by atoms with Gasteiger partial charge in [0.05, 0.1) is 0 Å². The molecule has 0 radical (unpaired) electrons. The van der Waals surface area contributed by atoms with Crippen LogP contribution in [0.5, 0.6) is 0 Å². The number of hydrogen-bond acceptors (Lipinski definition) is 1. The van der Waals surface area contributed by atoms with Crippen molar-refractivity contribution in [3.05, 3.63) is 29.8 Å². The number of anilines is 1. The summed E-state index contributed by atoms with van der Waals surface area (Å²) in [6.45, 7) is 4.19. The van der Waals surface area contributed by atoms with E-state index in [1.54, 1.807) is 0 Å². The van der Waals surface area contributed by atoms with E-state index in [4.69, 9.17) is 0 Å². The normalized spacial score (nSPS) is 10.2. The molecule has 0 unspecified atom stereocenters. The Labute approximate surface area is 86.5 Å². The summed E-state index contributed by atoms with van der Waals surface area (Å²) in [5.74, 6) is 0.413. The quantitative estimate of drug-likeness (QED) is 0.621. The Morgan fingerprint density at radius 3 is 2.54 bits per heavy atom. The number of carbonyl (C=O) groups excluding carboxylic acids is 1. The third-order valence-corrected chi connectivity index (χ3v) is 2.01. The molecule has 0 spiro atoms. The van der Waals surface area contributed by atoms with E-state index in [0.29, 0.717) is 5.92 Å². The average Bonchev–Trinajstić information content (AvgIpc) is 2.03. The molecule has 0 bridgehead atoms. The molecule has 0 aliphatic heterocycles. The third-order valence-electron chi connectivity index (χ3n) is 1.82. The summed E-state index contributed by atoms with van der Waals surface area (Å²) in [4.78, 5) is 10.6. The van der Waals surface area contributed by atoms with Gasteiger partial charge in [-0.1, -0.05) is 32.0 Å². The van der Waals surface area contributed by atoms with Crippen LogP contribution >= 0.6 is 15.9 Å². The summed E-state index contributed by atoms with van der Waals surface area (Å²) in [6.07, 6.45) is 0. The summed E-state index contributed by atoms with van der Waals surface area (Å²) >= 11 is 2.84. The zero-order chi connectivity index (χ0) is 9.84. The van der Waals surface area contributed by atoms with Gasteiger partial charge in [0.2, 0.25) is 0 Å². The van der Waals surface area contributed by atoms with Crippen LogP contribution in [-0.2, 0) is 0 Å². The van der Waals surface area contributed by atoms with Gasteiger partial charge in [-0.3, -0.25) is 4.79 Å². The summed E-state index contributed by atoms with van der Waals surface area (Å²) in [6, 6.07) is 7.79. The fourth-order valence-corrected chi connectivity index (χ4v) is 1.43. The van der Waals surface area contributed by atoms with E-state index in [2.05, 4.69) is 35.1 Å². The molecule has 1 rings (SSSR count). The number of amides is 1. The average molecular weight is 242 g/mol. The van der Waals surface area contributed by atoms with E-state index < -0.39 is 0 Å². The van der Waals surface area contributed by atoms with Crippen LogP contribution in [0.3, 0.4) is 0 Å². The first-order valence-corrected chi connectivity index (χ1v) is 4.96. The van der Waals surface area contributed by atoms with E-state index in [1.807, 2.05) is 24.3 Å². The first-order valence-electron chi connectivity index (χ1n) is 4.16. The molecular formula is C10H12BrNO. The number of halogens is 1. The van der Waals surface area contributed by atoms with Crippen molar-refractivity contribution in [2.24, 2.45) is 0 Å². The predicted molar refractivity (Wildman–Crippen MR) is 58.5 cm³/mol. The van der Waals surface area contributed by atoms with Crippen LogP contribution in [0.2, 0.25) is 0 Å². The van der Waals surface area contributed by atoms with Crippen LogP contribution in [0.15, 0.2) is 24.3 Å². The molecule has 1 aromatic rings. The van der Waals surface area contributed by atoms with Crippen molar-refractivity contribution in [1.29, 1.82) is 0 Å². The molecule has 0 aliphatic rings. The van der Waals surface area contributed by atoms with Gasteiger partial charge in [0.25, 0.3) is 4.82 Å². The van der Waals surface area contributed by atoms with Crippen LogP contribution in [0.4, 0.5) is 10.5 Å². The van der Waals surface area contributed by atoms with Gasteiger partial charge in [0.1, 0.15) is 0 Å². The van der Waals surface area contributed by atoms with Gasteiger partial charge < -0.3 is 5.32 Å². The van der Waals surface area contributed by atoms with Crippen molar-refractivity contribution in [1.82, 2.24) is 0 Å². The molecule has 13 heavy (non-hydrogen) atoms. The Hall–Kier alpha value is -0.830. The zero-order valence-corrected chi connectivity index (χ0v) is 9.26. The number of para-hydroxylation sites is 1. The predicted octanol–water partition coefficient (Wildman–Crippen LogP) is 3.74. The summed E-state index contributed by atoms with van der Waals surface area (Å²) < 4.78 is 0. The minimum absolute atomic E-state index is 0.208. The van der Waals surface area contributed by atoms with Crippen molar-refractivity contribution in [2.45, 2.75) is 19.8 Å². The standard InChI is InChI=1S/C10H12BrNO/c1-7(2)8-5-3-4-6-9(8)12-10(11)13/h3-7H,1-2H3,(H,12,13). The van der Waals surface area contributed by atoms with Crippen LogP contribution in [0, 0.1) is 0 Å². The monoisotopic (exact) mass is 241 g/mol. The largest absolute Gasteiger partial charge is 0.316 e. The Morgan fingerprint density at radius 2 is 2.00 bits per heavy atom. The van der Waals surface area contributed by atoms with Crippen molar-refractivity contribution < 1.29 is 4.79 Å². The number of nitrogens with one attached hydrogen (secondary N) is 1. The van der Waals surface area contributed by atoms with Gasteiger partial charge in [0, 0.05) is 21.6 Å². The lowest BCUT2D eigenvalue weighted by Gasteiger charge is -2.11.